The van der Waals surface area contributed by atoms with Gasteiger partial charge >= 0.3 is 0 Å². The van der Waals surface area contributed by atoms with E-state index in [0.29, 0.717) is 6.04 Å². The first kappa shape index (κ1) is 16.9. The summed E-state index contributed by atoms with van der Waals surface area (Å²) in [5, 5.41) is 3.62. The monoisotopic (exact) mass is 270 g/mol. The topological polar surface area (TPSA) is 21.8 Å². The zero-order valence-corrected chi connectivity index (χ0v) is 13.5. The van der Waals surface area contributed by atoms with Gasteiger partial charge < -0.3 is 10.2 Å². The number of likely N-dealkylation sites (N-methyl/N-ethyl adjacent to an activating group) is 1. The third-order valence-electron chi connectivity index (χ3n) is 3.97. The van der Waals surface area contributed by atoms with Gasteiger partial charge in [0.15, 0.2) is 0 Å². The van der Waals surface area contributed by atoms with Crippen molar-refractivity contribution in [2.45, 2.75) is 32.7 Å². The maximum absolute atomic E-state index is 3.62. The van der Waals surface area contributed by atoms with Crippen molar-refractivity contribution >= 4 is 0 Å². The van der Waals surface area contributed by atoms with Gasteiger partial charge in [-0.3, -0.25) is 9.80 Å². The third-order valence-corrected chi connectivity index (χ3v) is 3.97. The van der Waals surface area contributed by atoms with Crippen LogP contribution in [0.3, 0.4) is 0 Å². The van der Waals surface area contributed by atoms with Crippen LogP contribution in [0, 0.1) is 0 Å². The van der Waals surface area contributed by atoms with Gasteiger partial charge in [-0.15, -0.1) is 0 Å². The lowest BCUT2D eigenvalue weighted by Gasteiger charge is -2.35. The maximum Gasteiger partial charge on any atom is 0.0110 e. The van der Waals surface area contributed by atoms with Gasteiger partial charge in [-0.25, -0.2) is 0 Å². The number of nitrogens with one attached hydrogen (secondary N) is 1. The van der Waals surface area contributed by atoms with Gasteiger partial charge in [0.25, 0.3) is 0 Å². The smallest absolute Gasteiger partial charge is 0.0110 e. The molecular weight excluding hydrogens is 236 g/mol. The van der Waals surface area contributed by atoms with Crippen molar-refractivity contribution in [2.24, 2.45) is 0 Å². The van der Waals surface area contributed by atoms with Gasteiger partial charge in [0.2, 0.25) is 0 Å². The molecule has 0 radical (unpaired) electrons. The van der Waals surface area contributed by atoms with Crippen molar-refractivity contribution < 1.29 is 0 Å². The van der Waals surface area contributed by atoms with Crippen molar-refractivity contribution in [1.29, 1.82) is 0 Å². The molecule has 4 nitrogen and oxygen atoms in total. The Morgan fingerprint density at radius 1 is 1.05 bits per heavy atom. The van der Waals surface area contributed by atoms with E-state index < -0.39 is 0 Å². The summed E-state index contributed by atoms with van der Waals surface area (Å²) < 4.78 is 0. The molecule has 0 aliphatic carbocycles. The fraction of sp³-hybridized carbons (Fsp3) is 1.00. The van der Waals surface area contributed by atoms with Crippen LogP contribution in [0.15, 0.2) is 0 Å². The molecule has 1 heterocycles. The number of hydrogen-bond donors (Lipinski definition) is 1. The SMILES string of the molecule is CCCC(C)NCCN1CCN(CCN(C)C)CC1. The molecule has 1 rings (SSSR count). The van der Waals surface area contributed by atoms with Crippen molar-refractivity contribution in [3.63, 3.8) is 0 Å². The Hall–Kier alpha value is -0.160. The van der Waals surface area contributed by atoms with E-state index in [1.165, 1.54) is 58.7 Å². The Bertz CT molecular complexity index is 212. The molecule has 1 unspecified atom stereocenters. The fourth-order valence-corrected chi connectivity index (χ4v) is 2.58. The lowest BCUT2D eigenvalue weighted by Crippen LogP contribution is -2.49. The minimum absolute atomic E-state index is 0.673. The van der Waals surface area contributed by atoms with E-state index in [-0.39, 0.29) is 0 Å². The second-order valence-corrected chi connectivity index (χ2v) is 6.13. The molecule has 0 aromatic carbocycles. The second kappa shape index (κ2) is 9.70. The first-order chi connectivity index (χ1) is 9.11. The predicted molar refractivity (Wildman–Crippen MR) is 83.8 cm³/mol. The van der Waals surface area contributed by atoms with Crippen LogP contribution in [-0.4, -0.2) is 87.2 Å². The summed E-state index contributed by atoms with van der Waals surface area (Å²) in [7, 11) is 4.30. The lowest BCUT2D eigenvalue weighted by atomic mass is 10.2. The molecule has 0 aromatic heterocycles. The maximum atomic E-state index is 3.62. The van der Waals surface area contributed by atoms with Crippen LogP contribution in [-0.2, 0) is 0 Å². The summed E-state index contributed by atoms with van der Waals surface area (Å²) >= 11 is 0. The van der Waals surface area contributed by atoms with Crippen molar-refractivity contribution in [2.75, 3.05) is 66.5 Å². The molecule has 4 heteroatoms. The average Bonchev–Trinajstić information content (AvgIpc) is 2.38. The van der Waals surface area contributed by atoms with E-state index in [4.69, 9.17) is 0 Å². The van der Waals surface area contributed by atoms with Crippen LogP contribution >= 0.6 is 0 Å². The standard InChI is InChI=1S/C15H34N4/c1-5-6-15(2)16-7-8-18-11-13-19(14-12-18)10-9-17(3)4/h15-16H,5-14H2,1-4H3. The predicted octanol–water partition coefficient (Wildman–Crippen LogP) is 0.944. The molecular formula is C15H34N4. The van der Waals surface area contributed by atoms with E-state index in [9.17, 15) is 0 Å². The second-order valence-electron chi connectivity index (χ2n) is 6.13. The molecule has 114 valence electrons. The highest BCUT2D eigenvalue weighted by molar-refractivity contribution is 4.73. The first-order valence-electron chi connectivity index (χ1n) is 7.94. The number of hydrogen-bond acceptors (Lipinski definition) is 4. The minimum Gasteiger partial charge on any atom is -0.313 e. The van der Waals surface area contributed by atoms with E-state index in [0.717, 1.165) is 6.54 Å². The largest absolute Gasteiger partial charge is 0.313 e. The quantitative estimate of drug-likeness (QED) is 0.673. The fourth-order valence-electron chi connectivity index (χ4n) is 2.58. The van der Waals surface area contributed by atoms with Crippen molar-refractivity contribution in [1.82, 2.24) is 20.0 Å². The van der Waals surface area contributed by atoms with Crippen LogP contribution < -0.4 is 5.32 Å². The number of rotatable bonds is 9. The molecule has 1 N–H and O–H groups in total. The van der Waals surface area contributed by atoms with Gasteiger partial charge in [0.05, 0.1) is 0 Å². The Morgan fingerprint density at radius 2 is 1.63 bits per heavy atom. The molecule has 1 fully saturated rings. The highest BCUT2D eigenvalue weighted by Gasteiger charge is 2.16. The molecule has 0 saturated carbocycles. The van der Waals surface area contributed by atoms with E-state index in [1.54, 1.807) is 0 Å². The highest BCUT2D eigenvalue weighted by Crippen LogP contribution is 2.01. The van der Waals surface area contributed by atoms with Crippen LogP contribution in [0.1, 0.15) is 26.7 Å². The van der Waals surface area contributed by atoms with E-state index in [2.05, 4.69) is 48.0 Å². The van der Waals surface area contributed by atoms with Crippen LogP contribution in [0.25, 0.3) is 0 Å². The molecule has 0 amide bonds. The Labute approximate surface area is 120 Å². The molecule has 0 spiro atoms. The van der Waals surface area contributed by atoms with Gasteiger partial charge in [0.1, 0.15) is 0 Å². The highest BCUT2D eigenvalue weighted by atomic mass is 15.3. The molecule has 1 aliphatic heterocycles. The lowest BCUT2D eigenvalue weighted by molar-refractivity contribution is 0.125. The molecule has 1 atom stereocenters. The van der Waals surface area contributed by atoms with Gasteiger partial charge in [-0.05, 0) is 27.4 Å². The average molecular weight is 270 g/mol. The summed E-state index contributed by atoms with van der Waals surface area (Å²) in [4.78, 5) is 7.45. The normalized spacial score (nSPS) is 20.1. The van der Waals surface area contributed by atoms with E-state index in [1.807, 2.05) is 0 Å². The molecule has 1 aliphatic rings. The van der Waals surface area contributed by atoms with Crippen LogP contribution in [0.5, 0.6) is 0 Å². The molecule has 0 bridgehead atoms. The molecule has 19 heavy (non-hydrogen) atoms. The third kappa shape index (κ3) is 7.88. The Balaban J connectivity index is 2.03. The summed E-state index contributed by atoms with van der Waals surface area (Å²) in [6.45, 7) is 14.2. The summed E-state index contributed by atoms with van der Waals surface area (Å²) in [6, 6.07) is 0.673. The zero-order valence-electron chi connectivity index (χ0n) is 13.5. The molecule has 1 saturated heterocycles. The van der Waals surface area contributed by atoms with Crippen molar-refractivity contribution in [3.05, 3.63) is 0 Å². The molecule has 0 aromatic rings. The zero-order chi connectivity index (χ0) is 14.1. The van der Waals surface area contributed by atoms with Crippen LogP contribution in [0.2, 0.25) is 0 Å². The minimum atomic E-state index is 0.673. The number of piperazine rings is 1. The Kier molecular flexibility index (Phi) is 8.62. The van der Waals surface area contributed by atoms with Gasteiger partial charge in [-0.2, -0.15) is 0 Å². The number of nitrogens with zero attached hydrogens (tertiary/aromatic N) is 3. The summed E-state index contributed by atoms with van der Waals surface area (Å²) in [6.07, 6.45) is 2.57. The van der Waals surface area contributed by atoms with E-state index >= 15 is 0 Å². The van der Waals surface area contributed by atoms with Gasteiger partial charge in [0, 0.05) is 58.4 Å². The Morgan fingerprint density at radius 3 is 2.16 bits per heavy atom. The van der Waals surface area contributed by atoms with Gasteiger partial charge in [-0.1, -0.05) is 13.3 Å². The first-order valence-corrected chi connectivity index (χ1v) is 7.94. The summed E-state index contributed by atoms with van der Waals surface area (Å²) in [5.74, 6) is 0. The van der Waals surface area contributed by atoms with Crippen molar-refractivity contribution in [3.8, 4) is 0 Å². The summed E-state index contributed by atoms with van der Waals surface area (Å²) in [5.41, 5.74) is 0. The van der Waals surface area contributed by atoms with Crippen LogP contribution in [0.4, 0.5) is 0 Å².